The summed E-state index contributed by atoms with van der Waals surface area (Å²) in [5, 5.41) is 10.9. The number of pyridine rings is 1. The van der Waals surface area contributed by atoms with Crippen LogP contribution in [0.3, 0.4) is 0 Å². The molecule has 0 bridgehead atoms. The van der Waals surface area contributed by atoms with E-state index in [0.717, 1.165) is 0 Å². The molecule has 0 radical (unpaired) electrons. The largest absolute Gasteiger partial charge is 0.505 e. The number of benzene rings is 2. The molecule has 22 heavy (non-hydrogen) atoms. The van der Waals surface area contributed by atoms with Crippen LogP contribution in [0.2, 0.25) is 0 Å². The summed E-state index contributed by atoms with van der Waals surface area (Å²) in [5.41, 5.74) is 4.88. The highest BCUT2D eigenvalue weighted by atomic mass is 19.1. The predicted molar refractivity (Wildman–Crippen MR) is 78.4 cm³/mol. The minimum absolute atomic E-state index is 0.00713. The molecule has 110 valence electrons. The molecule has 3 aromatic rings. The molecule has 3 N–H and O–H groups in total. The standard InChI is InChI=1S/C16H11FN2O3/c17-11-7-3-4-8-12(11)22-16-10-6-2-1-5-9(10)14(20)13(19-16)15(18)21/h1-8,20H,(H2,18,21). The van der Waals surface area contributed by atoms with Crippen molar-refractivity contribution in [2.75, 3.05) is 0 Å². The van der Waals surface area contributed by atoms with Crippen LogP contribution in [0.15, 0.2) is 48.5 Å². The first-order chi connectivity index (χ1) is 10.6. The second-order valence-electron chi connectivity index (χ2n) is 4.56. The van der Waals surface area contributed by atoms with Crippen LogP contribution in [0.25, 0.3) is 10.8 Å². The molecule has 0 aliphatic carbocycles. The Morgan fingerprint density at radius 2 is 1.73 bits per heavy atom. The zero-order valence-corrected chi connectivity index (χ0v) is 11.3. The number of aromatic hydroxyl groups is 1. The van der Waals surface area contributed by atoms with Gasteiger partial charge in [-0.2, -0.15) is 0 Å². The van der Waals surface area contributed by atoms with E-state index in [2.05, 4.69) is 4.98 Å². The quantitative estimate of drug-likeness (QED) is 0.778. The van der Waals surface area contributed by atoms with Gasteiger partial charge in [0.25, 0.3) is 5.91 Å². The third kappa shape index (κ3) is 2.31. The average Bonchev–Trinajstić information content (AvgIpc) is 2.52. The first-order valence-electron chi connectivity index (χ1n) is 6.42. The Hall–Kier alpha value is -3.15. The Bertz CT molecular complexity index is 880. The summed E-state index contributed by atoms with van der Waals surface area (Å²) in [5.74, 6) is -1.85. The monoisotopic (exact) mass is 298 g/mol. The zero-order chi connectivity index (χ0) is 15.7. The van der Waals surface area contributed by atoms with Crippen LogP contribution < -0.4 is 10.5 Å². The molecule has 0 saturated heterocycles. The number of halogens is 1. The van der Waals surface area contributed by atoms with Crippen molar-refractivity contribution in [1.82, 2.24) is 4.98 Å². The molecule has 0 atom stereocenters. The number of carbonyl (C=O) groups excluding carboxylic acids is 1. The first kappa shape index (κ1) is 13.8. The van der Waals surface area contributed by atoms with Gasteiger partial charge in [-0.25, -0.2) is 9.37 Å². The second-order valence-corrected chi connectivity index (χ2v) is 4.56. The van der Waals surface area contributed by atoms with Crippen LogP contribution in [-0.2, 0) is 0 Å². The molecule has 0 unspecified atom stereocenters. The molecular formula is C16H11FN2O3. The van der Waals surface area contributed by atoms with Gasteiger partial charge in [0.05, 0.1) is 0 Å². The number of nitrogens with zero attached hydrogens (tertiary/aromatic N) is 1. The van der Waals surface area contributed by atoms with Gasteiger partial charge in [0, 0.05) is 10.8 Å². The van der Waals surface area contributed by atoms with Crippen LogP contribution >= 0.6 is 0 Å². The number of para-hydroxylation sites is 1. The molecule has 3 rings (SSSR count). The fourth-order valence-corrected chi connectivity index (χ4v) is 2.10. The van der Waals surface area contributed by atoms with Gasteiger partial charge >= 0.3 is 0 Å². The van der Waals surface area contributed by atoms with Gasteiger partial charge in [0.15, 0.2) is 23.0 Å². The van der Waals surface area contributed by atoms with Crippen molar-refractivity contribution in [1.29, 1.82) is 0 Å². The molecule has 0 aliphatic rings. The summed E-state index contributed by atoms with van der Waals surface area (Å²) in [4.78, 5) is 15.3. The van der Waals surface area contributed by atoms with E-state index in [1.54, 1.807) is 30.3 Å². The Kier molecular flexibility index (Phi) is 3.34. The van der Waals surface area contributed by atoms with Crippen molar-refractivity contribution in [3.05, 3.63) is 60.0 Å². The fourth-order valence-electron chi connectivity index (χ4n) is 2.10. The van der Waals surface area contributed by atoms with E-state index in [4.69, 9.17) is 10.5 Å². The van der Waals surface area contributed by atoms with E-state index in [1.165, 1.54) is 18.2 Å². The van der Waals surface area contributed by atoms with Gasteiger partial charge < -0.3 is 15.6 Å². The summed E-state index contributed by atoms with van der Waals surface area (Å²) < 4.78 is 19.2. The number of aromatic nitrogens is 1. The molecule has 0 aliphatic heterocycles. The summed E-state index contributed by atoms with van der Waals surface area (Å²) >= 11 is 0. The van der Waals surface area contributed by atoms with Crippen molar-refractivity contribution in [2.45, 2.75) is 0 Å². The lowest BCUT2D eigenvalue weighted by molar-refractivity contribution is 0.0992. The normalized spacial score (nSPS) is 10.6. The van der Waals surface area contributed by atoms with Crippen LogP contribution in [0.1, 0.15) is 10.5 Å². The number of amides is 1. The third-order valence-electron chi connectivity index (χ3n) is 3.13. The highest BCUT2D eigenvalue weighted by Gasteiger charge is 2.18. The van der Waals surface area contributed by atoms with E-state index in [1.807, 2.05) is 0 Å². The van der Waals surface area contributed by atoms with Gasteiger partial charge in [-0.1, -0.05) is 30.3 Å². The number of fused-ring (bicyclic) bond motifs is 1. The number of ether oxygens (including phenoxy) is 1. The van der Waals surface area contributed by atoms with E-state index >= 15 is 0 Å². The van der Waals surface area contributed by atoms with Crippen molar-refractivity contribution in [2.24, 2.45) is 5.73 Å². The number of hydrogen-bond donors (Lipinski definition) is 2. The van der Waals surface area contributed by atoms with Gasteiger partial charge in [-0.05, 0) is 18.2 Å². The summed E-state index contributed by atoms with van der Waals surface area (Å²) in [6.07, 6.45) is 0. The van der Waals surface area contributed by atoms with Crippen molar-refractivity contribution in [3.63, 3.8) is 0 Å². The van der Waals surface area contributed by atoms with E-state index < -0.39 is 11.7 Å². The number of nitrogens with two attached hydrogens (primary N) is 1. The zero-order valence-electron chi connectivity index (χ0n) is 11.3. The first-order valence-corrected chi connectivity index (χ1v) is 6.42. The highest BCUT2D eigenvalue weighted by Crippen LogP contribution is 2.35. The number of carbonyl (C=O) groups is 1. The minimum Gasteiger partial charge on any atom is -0.505 e. The molecular weight excluding hydrogens is 287 g/mol. The van der Waals surface area contributed by atoms with E-state index in [9.17, 15) is 14.3 Å². The van der Waals surface area contributed by atoms with E-state index in [0.29, 0.717) is 10.8 Å². The molecule has 0 fully saturated rings. The van der Waals surface area contributed by atoms with Crippen molar-refractivity contribution < 1.29 is 19.0 Å². The predicted octanol–water partition coefficient (Wildman–Crippen LogP) is 2.97. The van der Waals surface area contributed by atoms with Crippen LogP contribution in [0.5, 0.6) is 17.4 Å². The SMILES string of the molecule is NC(=O)c1nc(Oc2ccccc2F)c2ccccc2c1O. The summed E-state index contributed by atoms with van der Waals surface area (Å²) in [7, 11) is 0. The van der Waals surface area contributed by atoms with Crippen molar-refractivity contribution in [3.8, 4) is 17.4 Å². The Morgan fingerprint density at radius 1 is 1.09 bits per heavy atom. The van der Waals surface area contributed by atoms with Crippen LogP contribution in [0.4, 0.5) is 4.39 Å². The molecule has 5 nitrogen and oxygen atoms in total. The lowest BCUT2D eigenvalue weighted by Gasteiger charge is -2.11. The molecule has 6 heteroatoms. The fraction of sp³-hybridized carbons (Fsp3) is 0. The average molecular weight is 298 g/mol. The number of hydrogen-bond acceptors (Lipinski definition) is 4. The topological polar surface area (TPSA) is 85.4 Å². The summed E-state index contributed by atoms with van der Waals surface area (Å²) in [6.45, 7) is 0. The van der Waals surface area contributed by atoms with E-state index in [-0.39, 0.29) is 23.1 Å². The van der Waals surface area contributed by atoms with Crippen molar-refractivity contribution >= 4 is 16.7 Å². The number of primary amides is 1. The molecule has 2 aromatic carbocycles. The minimum atomic E-state index is -0.901. The Labute approximate surface area is 124 Å². The maximum absolute atomic E-state index is 13.7. The molecule has 1 aromatic heterocycles. The van der Waals surface area contributed by atoms with Gasteiger partial charge in [-0.3, -0.25) is 4.79 Å². The highest BCUT2D eigenvalue weighted by molar-refractivity contribution is 6.02. The van der Waals surface area contributed by atoms with Crippen LogP contribution in [-0.4, -0.2) is 16.0 Å². The lowest BCUT2D eigenvalue weighted by atomic mass is 10.1. The molecule has 1 amide bonds. The Balaban J connectivity index is 2.22. The molecule has 0 spiro atoms. The maximum Gasteiger partial charge on any atom is 0.271 e. The van der Waals surface area contributed by atoms with Gasteiger partial charge in [0.1, 0.15) is 0 Å². The van der Waals surface area contributed by atoms with Gasteiger partial charge in [0.2, 0.25) is 5.88 Å². The smallest absolute Gasteiger partial charge is 0.271 e. The van der Waals surface area contributed by atoms with Crippen LogP contribution in [0, 0.1) is 5.82 Å². The molecule has 0 saturated carbocycles. The molecule has 1 heterocycles. The second kappa shape index (κ2) is 5.33. The Morgan fingerprint density at radius 3 is 2.41 bits per heavy atom. The van der Waals surface area contributed by atoms with Gasteiger partial charge in [-0.15, -0.1) is 0 Å². The third-order valence-corrected chi connectivity index (χ3v) is 3.13. The summed E-state index contributed by atoms with van der Waals surface area (Å²) in [6, 6.07) is 12.4. The maximum atomic E-state index is 13.7. The number of rotatable bonds is 3. The lowest BCUT2D eigenvalue weighted by Crippen LogP contribution is -2.14.